The van der Waals surface area contributed by atoms with Crippen molar-refractivity contribution in [3.05, 3.63) is 74.1 Å². The van der Waals surface area contributed by atoms with Gasteiger partial charge in [-0.3, -0.25) is 4.79 Å². The number of ether oxygens (including phenoxy) is 2. The lowest BCUT2D eigenvalue weighted by Gasteiger charge is -2.30. The molecule has 2 N–H and O–H groups in total. The SMILES string of the molecule is O=c1[nH]cccc1CC(c1ccc(OC(F)F)c(OC2CC2)c1)c1cnc(C(O)(C(F)(F)F)C(F)(F)F)s1. The Balaban J connectivity index is 1.82. The van der Waals surface area contributed by atoms with Gasteiger partial charge in [0, 0.05) is 28.8 Å². The second kappa shape index (κ2) is 10.2. The van der Waals surface area contributed by atoms with E-state index < -0.39 is 41.0 Å². The third-order valence-electron chi connectivity index (χ3n) is 5.72. The maximum Gasteiger partial charge on any atom is 0.433 e. The fraction of sp³-hybridized carbons (Fsp3) is 0.391. The van der Waals surface area contributed by atoms with Gasteiger partial charge in [-0.25, -0.2) is 4.98 Å². The van der Waals surface area contributed by atoms with Crippen molar-refractivity contribution in [3.8, 4) is 11.5 Å². The number of nitrogens with one attached hydrogen (secondary N) is 1. The molecule has 0 amide bonds. The first-order valence-electron chi connectivity index (χ1n) is 10.9. The first kappa shape index (κ1) is 27.8. The van der Waals surface area contributed by atoms with Gasteiger partial charge in [0.05, 0.1) is 6.10 Å². The van der Waals surface area contributed by atoms with Crippen molar-refractivity contribution in [2.24, 2.45) is 0 Å². The van der Waals surface area contributed by atoms with Crippen molar-refractivity contribution in [1.82, 2.24) is 9.97 Å². The Morgan fingerprint density at radius 3 is 2.34 bits per heavy atom. The molecule has 1 aliphatic carbocycles. The number of aromatic amines is 1. The van der Waals surface area contributed by atoms with E-state index in [2.05, 4.69) is 14.7 Å². The van der Waals surface area contributed by atoms with Crippen LogP contribution in [0.5, 0.6) is 11.5 Å². The first-order chi connectivity index (χ1) is 17.7. The Labute approximate surface area is 212 Å². The smallest absolute Gasteiger partial charge is 0.433 e. The number of benzene rings is 1. The number of thiazole rings is 1. The number of alkyl halides is 8. The summed E-state index contributed by atoms with van der Waals surface area (Å²) in [6.07, 6.45) is -9.39. The van der Waals surface area contributed by atoms with Crippen LogP contribution in [0.4, 0.5) is 35.1 Å². The first-order valence-corrected chi connectivity index (χ1v) is 11.8. The molecule has 6 nitrogen and oxygen atoms in total. The molecule has 1 atom stereocenters. The van der Waals surface area contributed by atoms with Crippen molar-refractivity contribution in [3.63, 3.8) is 0 Å². The van der Waals surface area contributed by atoms with E-state index in [1.165, 1.54) is 30.5 Å². The van der Waals surface area contributed by atoms with Crippen LogP contribution in [0.1, 0.15) is 39.8 Å². The number of H-pyrrole nitrogens is 1. The van der Waals surface area contributed by atoms with Crippen LogP contribution < -0.4 is 15.0 Å². The second-order valence-electron chi connectivity index (χ2n) is 8.46. The van der Waals surface area contributed by atoms with Gasteiger partial charge in [-0.05, 0) is 43.0 Å². The zero-order chi connectivity index (χ0) is 27.9. The predicted molar refractivity (Wildman–Crippen MR) is 117 cm³/mol. The Morgan fingerprint density at radius 1 is 1.08 bits per heavy atom. The van der Waals surface area contributed by atoms with Gasteiger partial charge < -0.3 is 19.6 Å². The molecule has 206 valence electrons. The number of halogens is 8. The molecule has 1 unspecified atom stereocenters. The highest BCUT2D eigenvalue weighted by atomic mass is 32.1. The number of hydrogen-bond donors (Lipinski definition) is 2. The van der Waals surface area contributed by atoms with Crippen molar-refractivity contribution >= 4 is 11.3 Å². The van der Waals surface area contributed by atoms with Crippen LogP contribution in [0.15, 0.2) is 47.5 Å². The third-order valence-corrected chi connectivity index (χ3v) is 6.94. The quantitative estimate of drug-likeness (QED) is 0.325. The molecule has 0 bridgehead atoms. The van der Waals surface area contributed by atoms with Gasteiger partial charge in [0.15, 0.2) is 11.5 Å². The highest BCUT2D eigenvalue weighted by molar-refractivity contribution is 7.11. The summed E-state index contributed by atoms with van der Waals surface area (Å²) in [4.78, 5) is 17.8. The number of hydrogen-bond acceptors (Lipinski definition) is 6. The van der Waals surface area contributed by atoms with Crippen LogP contribution >= 0.6 is 11.3 Å². The minimum absolute atomic E-state index is 0.0369. The van der Waals surface area contributed by atoms with Gasteiger partial charge in [0.2, 0.25) is 0 Å². The number of aromatic nitrogens is 2. The molecule has 0 radical (unpaired) electrons. The molecule has 15 heteroatoms. The molecule has 3 aromatic rings. The highest BCUT2D eigenvalue weighted by Crippen LogP contribution is 2.52. The van der Waals surface area contributed by atoms with Crippen LogP contribution in [0.25, 0.3) is 0 Å². The van der Waals surface area contributed by atoms with Crippen molar-refractivity contribution < 1.29 is 49.7 Å². The molecule has 1 saturated carbocycles. The molecule has 1 aromatic carbocycles. The van der Waals surface area contributed by atoms with Gasteiger partial charge in [0.25, 0.3) is 5.56 Å². The summed E-state index contributed by atoms with van der Waals surface area (Å²) in [5.41, 5.74) is -5.45. The summed E-state index contributed by atoms with van der Waals surface area (Å²) in [6.45, 7) is -3.19. The normalized spacial score (nSPS) is 15.5. The Hall–Kier alpha value is -3.20. The summed E-state index contributed by atoms with van der Waals surface area (Å²) in [6, 6.07) is 6.56. The zero-order valence-corrected chi connectivity index (χ0v) is 19.8. The summed E-state index contributed by atoms with van der Waals surface area (Å²) >= 11 is -0.0369. The van der Waals surface area contributed by atoms with E-state index in [9.17, 15) is 45.0 Å². The lowest BCUT2D eigenvalue weighted by molar-refractivity contribution is -0.376. The second-order valence-corrected chi connectivity index (χ2v) is 9.52. The van der Waals surface area contributed by atoms with E-state index in [4.69, 9.17) is 4.74 Å². The molecule has 0 saturated heterocycles. The Bertz CT molecular complexity index is 1320. The van der Waals surface area contributed by atoms with E-state index in [0.717, 1.165) is 12.3 Å². The Morgan fingerprint density at radius 2 is 1.76 bits per heavy atom. The van der Waals surface area contributed by atoms with E-state index in [-0.39, 0.29) is 51.4 Å². The number of aliphatic hydroxyl groups is 1. The van der Waals surface area contributed by atoms with Crippen molar-refractivity contribution in [1.29, 1.82) is 0 Å². The maximum atomic E-state index is 13.4. The van der Waals surface area contributed by atoms with Crippen molar-refractivity contribution in [2.75, 3.05) is 0 Å². The van der Waals surface area contributed by atoms with Crippen LogP contribution in [-0.2, 0) is 12.0 Å². The molecule has 0 spiro atoms. The minimum atomic E-state index is -6.13. The highest BCUT2D eigenvalue weighted by Gasteiger charge is 2.73. The molecule has 2 aromatic heterocycles. The van der Waals surface area contributed by atoms with E-state index >= 15 is 0 Å². The van der Waals surface area contributed by atoms with Gasteiger partial charge in [-0.1, -0.05) is 12.1 Å². The van der Waals surface area contributed by atoms with Gasteiger partial charge in [-0.15, -0.1) is 11.3 Å². The monoisotopic (exact) mass is 570 g/mol. The van der Waals surface area contributed by atoms with Crippen molar-refractivity contribution in [2.45, 2.75) is 55.8 Å². The molecule has 0 aliphatic heterocycles. The minimum Gasteiger partial charge on any atom is -0.487 e. The summed E-state index contributed by atoms with van der Waals surface area (Å²) in [5.74, 6) is -1.50. The van der Waals surface area contributed by atoms with E-state index in [0.29, 0.717) is 12.8 Å². The number of pyridine rings is 1. The van der Waals surface area contributed by atoms with E-state index in [1.54, 1.807) is 0 Å². The third kappa shape index (κ3) is 5.62. The largest absolute Gasteiger partial charge is 0.487 e. The molecule has 4 rings (SSSR count). The average Bonchev–Trinajstić information content (AvgIpc) is 3.49. The fourth-order valence-electron chi connectivity index (χ4n) is 3.63. The summed E-state index contributed by atoms with van der Waals surface area (Å²) in [5, 5.41) is 8.10. The summed E-state index contributed by atoms with van der Waals surface area (Å²) in [7, 11) is 0. The predicted octanol–water partition coefficient (Wildman–Crippen LogP) is 5.66. The molecule has 38 heavy (non-hydrogen) atoms. The molecule has 1 fully saturated rings. The zero-order valence-electron chi connectivity index (χ0n) is 18.9. The van der Waals surface area contributed by atoms with Crippen LogP contribution in [-0.4, -0.2) is 40.1 Å². The van der Waals surface area contributed by atoms with Gasteiger partial charge >= 0.3 is 24.6 Å². The Kier molecular flexibility index (Phi) is 7.45. The molecule has 2 heterocycles. The lowest BCUT2D eigenvalue weighted by atomic mass is 9.91. The topological polar surface area (TPSA) is 84.4 Å². The van der Waals surface area contributed by atoms with Crippen LogP contribution in [0, 0.1) is 0 Å². The number of rotatable bonds is 9. The lowest BCUT2D eigenvalue weighted by Crippen LogP contribution is -2.53. The standard InChI is InChI=1S/C23H18F8N2O4S/c24-20(25)37-15-6-3-11(9-16(15)36-13-4-5-13)14(8-12-2-1-7-32-18(12)34)17-10-33-19(38-17)21(35,22(26,27)28)23(29,30)31/h1-3,6-7,9-10,13-14,20,35H,4-5,8H2,(H,32,34). The van der Waals surface area contributed by atoms with Gasteiger partial charge in [0.1, 0.15) is 5.01 Å². The average molecular weight is 570 g/mol. The van der Waals surface area contributed by atoms with E-state index in [1.807, 2.05) is 0 Å². The molecular formula is C23H18F8N2O4S. The van der Waals surface area contributed by atoms with Gasteiger partial charge in [-0.2, -0.15) is 35.1 Å². The van der Waals surface area contributed by atoms with Crippen LogP contribution in [0.3, 0.4) is 0 Å². The summed E-state index contributed by atoms with van der Waals surface area (Å²) < 4.78 is 116. The molecule has 1 aliphatic rings. The number of nitrogens with zero attached hydrogens (tertiary/aromatic N) is 1. The molecular weight excluding hydrogens is 552 g/mol. The maximum absolute atomic E-state index is 13.4. The van der Waals surface area contributed by atoms with Crippen LogP contribution in [0.2, 0.25) is 0 Å². The fourth-order valence-corrected chi connectivity index (χ4v) is 4.81.